The lowest BCUT2D eigenvalue weighted by molar-refractivity contribution is 1.50. The van der Waals surface area contributed by atoms with Crippen LogP contribution in [-0.4, -0.2) is 16.1 Å². The molecule has 0 saturated carbocycles. The molecule has 5 aromatic rings. The van der Waals surface area contributed by atoms with Crippen LogP contribution in [0.3, 0.4) is 0 Å². The maximum atomic E-state index is 2.48. The highest BCUT2D eigenvalue weighted by atomic mass is 28.3. The summed E-state index contributed by atoms with van der Waals surface area (Å²) in [4.78, 5) is 0. The number of fused-ring (bicyclic) bond motifs is 6. The van der Waals surface area contributed by atoms with Gasteiger partial charge in [-0.1, -0.05) is 224 Å². The number of hydrogen-bond donors (Lipinski definition) is 0. The Morgan fingerprint density at radius 1 is 0.304 bits per heavy atom. The van der Waals surface area contributed by atoms with Gasteiger partial charge in [0.2, 0.25) is 0 Å². The van der Waals surface area contributed by atoms with Crippen molar-refractivity contribution in [2.45, 2.75) is 96.3 Å². The summed E-state index contributed by atoms with van der Waals surface area (Å²) >= 11 is 0. The molecule has 0 aliphatic carbocycles. The summed E-state index contributed by atoms with van der Waals surface area (Å²) in [5.74, 6) is 0. The number of hydrogen-bond acceptors (Lipinski definition) is 0. The van der Waals surface area contributed by atoms with Gasteiger partial charge in [0, 0.05) is 0 Å². The molecular weight excluding hydrogens is 585 g/mol. The van der Waals surface area contributed by atoms with E-state index in [2.05, 4.69) is 147 Å². The third-order valence-electron chi connectivity index (χ3n) is 8.06. The fraction of sp³-hybridized carbons (Fsp3) is 0.318. The highest BCUT2D eigenvalue weighted by molar-refractivity contribution is 7.13. The molecule has 46 heavy (non-hydrogen) atoms. The highest BCUT2D eigenvalue weighted by Crippen LogP contribution is 2.28. The molecule has 0 nitrogen and oxygen atoms in total. The largest absolute Gasteiger partial charge is 0.147 e. The van der Waals surface area contributed by atoms with Crippen LogP contribution in [0.1, 0.15) is 76.7 Å². The van der Waals surface area contributed by atoms with Gasteiger partial charge in [-0.15, -0.1) is 0 Å². The van der Waals surface area contributed by atoms with Crippen LogP contribution < -0.4 is 25.9 Å². The van der Waals surface area contributed by atoms with Crippen molar-refractivity contribution in [1.29, 1.82) is 0 Å². The molecule has 0 amide bonds. The minimum Gasteiger partial charge on any atom is -0.0776 e. The van der Waals surface area contributed by atoms with Crippen LogP contribution in [0, 0.1) is 0 Å². The van der Waals surface area contributed by atoms with E-state index in [1.54, 1.807) is 20.7 Å². The van der Waals surface area contributed by atoms with Gasteiger partial charge >= 0.3 is 0 Å². The van der Waals surface area contributed by atoms with E-state index in [1.807, 2.05) is 69.2 Å². The van der Waals surface area contributed by atoms with Crippen LogP contribution in [0.2, 0.25) is 19.6 Å². The first-order valence-corrected chi connectivity index (χ1v) is 23.0. The van der Waals surface area contributed by atoms with Gasteiger partial charge in [-0.3, -0.25) is 0 Å². The molecule has 7 rings (SSSR count). The first-order valence-electron chi connectivity index (χ1n) is 17.5. The topological polar surface area (TPSA) is 0 Å². The van der Waals surface area contributed by atoms with Crippen LogP contribution in [0.4, 0.5) is 0 Å². The van der Waals surface area contributed by atoms with Crippen molar-refractivity contribution in [3.8, 4) is 22.3 Å². The molecule has 0 radical (unpaired) electrons. The van der Waals surface area contributed by atoms with Crippen molar-refractivity contribution in [3.63, 3.8) is 0 Å². The van der Waals surface area contributed by atoms with E-state index in [9.17, 15) is 0 Å². The molecule has 0 bridgehead atoms. The standard InChI is InChI=1S/C19H16Si.C14H14Si.5C2H6.CH4/c1-20(15-9-3-2-4-10-15)18-13-7-5-11-16(18)17-12-6-8-14-19(17)20;1-15(2)13-9-5-3-7-11(13)12-8-4-6-10-14(12)15;5*1-2;/h2-14H,1H3;3-10H,1-2H3;5*1-2H3;1H4. The van der Waals surface area contributed by atoms with Crippen molar-refractivity contribution in [2.24, 2.45) is 0 Å². The average Bonchev–Trinajstić information content (AvgIpc) is 3.55. The van der Waals surface area contributed by atoms with Crippen LogP contribution >= 0.6 is 0 Å². The molecule has 0 unspecified atom stereocenters. The van der Waals surface area contributed by atoms with Crippen molar-refractivity contribution in [1.82, 2.24) is 0 Å². The molecular formula is C44H64Si2. The van der Waals surface area contributed by atoms with Crippen LogP contribution in [0.25, 0.3) is 22.3 Å². The van der Waals surface area contributed by atoms with E-state index in [1.165, 1.54) is 27.4 Å². The molecule has 0 fully saturated rings. The molecule has 2 heterocycles. The molecule has 0 aromatic heterocycles. The summed E-state index contributed by atoms with van der Waals surface area (Å²) in [5, 5.41) is 7.77. The fourth-order valence-corrected chi connectivity index (χ4v) is 13.4. The molecule has 2 aliphatic rings. The first kappa shape index (κ1) is 42.5. The van der Waals surface area contributed by atoms with Gasteiger partial charge < -0.3 is 0 Å². The minimum atomic E-state index is -1.80. The molecule has 2 heteroatoms. The predicted molar refractivity (Wildman–Crippen MR) is 221 cm³/mol. The smallest absolute Gasteiger partial charge is 0.0776 e. The Morgan fingerprint density at radius 2 is 0.543 bits per heavy atom. The summed E-state index contributed by atoms with van der Waals surface area (Å²) in [6.07, 6.45) is 0. The zero-order chi connectivity index (χ0) is 34.0. The SMILES string of the molecule is C.CC.CC.CC.CC.CC.C[Si]1(C)c2ccccc2-c2ccccc21.C[Si]1(c2ccccc2)c2ccccc2-c2ccccc21. The monoisotopic (exact) mass is 648 g/mol. The number of benzene rings is 5. The number of rotatable bonds is 1. The average molecular weight is 649 g/mol. The van der Waals surface area contributed by atoms with Gasteiger partial charge in [0.05, 0.1) is 0 Å². The normalized spacial score (nSPS) is 12.2. The van der Waals surface area contributed by atoms with E-state index in [0.29, 0.717) is 0 Å². The first-order chi connectivity index (χ1) is 22.0. The third-order valence-corrected chi connectivity index (χ3v) is 16.1. The Balaban J connectivity index is 0.000000696. The Morgan fingerprint density at radius 3 is 0.870 bits per heavy atom. The second-order valence-corrected chi connectivity index (χ2v) is 18.5. The summed E-state index contributed by atoms with van der Waals surface area (Å²) in [5.41, 5.74) is 5.79. The van der Waals surface area contributed by atoms with Crippen molar-refractivity contribution in [3.05, 3.63) is 127 Å². The lowest BCUT2D eigenvalue weighted by Gasteiger charge is -2.25. The van der Waals surface area contributed by atoms with Crippen LogP contribution in [-0.2, 0) is 0 Å². The summed E-state index contributed by atoms with van der Waals surface area (Å²) < 4.78 is 0. The molecule has 2 aliphatic heterocycles. The minimum absolute atomic E-state index is 0. The predicted octanol–water partition coefficient (Wildman–Crippen LogP) is 11.0. The maximum absolute atomic E-state index is 2.48. The Bertz CT molecular complexity index is 1440. The second kappa shape index (κ2) is 21.4. The summed E-state index contributed by atoms with van der Waals surface area (Å²) in [6.45, 7) is 27.4. The van der Waals surface area contributed by atoms with Crippen molar-refractivity contribution < 1.29 is 0 Å². The van der Waals surface area contributed by atoms with Gasteiger partial charge in [0.1, 0.15) is 16.1 Å². The van der Waals surface area contributed by atoms with E-state index in [4.69, 9.17) is 0 Å². The van der Waals surface area contributed by atoms with Gasteiger partial charge in [0.15, 0.2) is 0 Å². The van der Waals surface area contributed by atoms with E-state index < -0.39 is 16.1 Å². The quantitative estimate of drug-likeness (QED) is 0.159. The molecule has 0 N–H and O–H groups in total. The van der Waals surface area contributed by atoms with Crippen molar-refractivity contribution >= 4 is 42.1 Å². The molecule has 0 atom stereocenters. The maximum Gasteiger partial charge on any atom is 0.147 e. The Labute approximate surface area is 287 Å². The highest BCUT2D eigenvalue weighted by Gasteiger charge is 2.42. The fourth-order valence-electron chi connectivity index (χ4n) is 6.21. The zero-order valence-electron chi connectivity index (χ0n) is 30.6. The van der Waals surface area contributed by atoms with Crippen LogP contribution in [0.5, 0.6) is 0 Å². The third kappa shape index (κ3) is 8.46. The Hall–Kier alpha value is -3.47. The Kier molecular flexibility index (Phi) is 19.7. The summed E-state index contributed by atoms with van der Waals surface area (Å²) in [6, 6.07) is 46.6. The van der Waals surface area contributed by atoms with Gasteiger partial charge in [-0.25, -0.2) is 0 Å². The molecule has 0 spiro atoms. The van der Waals surface area contributed by atoms with Gasteiger partial charge in [-0.2, -0.15) is 0 Å². The van der Waals surface area contributed by atoms with Gasteiger partial charge in [-0.05, 0) is 48.2 Å². The summed E-state index contributed by atoms with van der Waals surface area (Å²) in [7, 11) is -3.19. The van der Waals surface area contributed by atoms with Gasteiger partial charge in [0.25, 0.3) is 0 Å². The molecule has 248 valence electrons. The molecule has 5 aromatic carbocycles. The lowest BCUT2D eigenvalue weighted by atomic mass is 10.1. The van der Waals surface area contributed by atoms with Crippen LogP contribution in [0.15, 0.2) is 127 Å². The zero-order valence-corrected chi connectivity index (χ0v) is 32.6. The van der Waals surface area contributed by atoms with E-state index >= 15 is 0 Å². The van der Waals surface area contributed by atoms with Crippen molar-refractivity contribution in [2.75, 3.05) is 0 Å². The lowest BCUT2D eigenvalue weighted by Crippen LogP contribution is -2.62. The van der Waals surface area contributed by atoms with E-state index in [0.717, 1.165) is 0 Å². The van der Waals surface area contributed by atoms with E-state index in [-0.39, 0.29) is 7.43 Å². The molecule has 0 saturated heterocycles. The second-order valence-electron chi connectivity index (χ2n) is 10.3.